The van der Waals surface area contributed by atoms with Crippen LogP contribution < -0.4 is 31.2 Å². The summed E-state index contributed by atoms with van der Waals surface area (Å²) in [6.07, 6.45) is -49.4. The van der Waals surface area contributed by atoms with Gasteiger partial charge in [-0.25, -0.2) is 4.98 Å². The highest BCUT2D eigenvalue weighted by atomic mass is 80.0. The largest absolute Gasteiger partial charge is 0.435 e. The van der Waals surface area contributed by atoms with Crippen molar-refractivity contribution in [3.05, 3.63) is 172 Å². The van der Waals surface area contributed by atoms with Crippen LogP contribution in [-0.2, 0) is 56.0 Å². The van der Waals surface area contributed by atoms with E-state index in [1.165, 1.54) is 5.56 Å². The highest BCUT2D eigenvalue weighted by Crippen LogP contribution is 2.42. The van der Waals surface area contributed by atoms with E-state index < -0.39 is 197 Å². The Morgan fingerprint density at radius 3 is 0.867 bits per heavy atom. The number of alkyl halides is 27. The molecule has 0 bridgehead atoms. The fourth-order valence-corrected chi connectivity index (χ4v) is 8.04. The molecule has 0 saturated heterocycles. The van der Waals surface area contributed by atoms with Gasteiger partial charge in [-0.15, -0.1) is 0 Å². The van der Waals surface area contributed by atoms with Crippen LogP contribution in [0.25, 0.3) is 0 Å². The molecule has 1 aromatic heterocycles. The molecule has 0 amide bonds. The summed E-state index contributed by atoms with van der Waals surface area (Å²) in [4.78, 5) is 4.13. The summed E-state index contributed by atoms with van der Waals surface area (Å²) < 4.78 is 348. The predicted octanol–water partition coefficient (Wildman–Crippen LogP) is 14.8. The molecule has 0 atom stereocenters. The van der Waals surface area contributed by atoms with E-state index in [4.69, 9.17) is 4.74 Å². The van der Waals surface area contributed by atoms with Crippen molar-refractivity contribution >= 4 is 75.8 Å². The van der Waals surface area contributed by atoms with E-state index in [0.717, 1.165) is 6.54 Å². The molecule has 406 valence electrons. The second-order valence-corrected chi connectivity index (χ2v) is 22.4. The molecule has 0 spiro atoms. The average molecular weight is 1300 g/mol. The Kier molecular flexibility index (Phi) is 17.0. The minimum Gasteiger partial charge on any atom is -0.435 e. The number of hydrogen-bond acceptors (Lipinski definition) is 2. The summed E-state index contributed by atoms with van der Waals surface area (Å²) in [5, 5.41) is 0. The van der Waals surface area contributed by atoms with E-state index in [0.29, 0.717) is 5.88 Å². The molecule has 1 heterocycles. The maximum atomic E-state index is 14.2. The van der Waals surface area contributed by atoms with Crippen LogP contribution in [0.5, 0.6) is 5.88 Å². The number of ether oxygens (including phenoxy) is 1. The first-order valence-electron chi connectivity index (χ1n) is 19.8. The molecule has 31 heteroatoms. The van der Waals surface area contributed by atoms with Crippen molar-refractivity contribution in [3.63, 3.8) is 0 Å². The fraction of sp³-hybridized carbons (Fsp3) is 0.227. The molecular weight excluding hydrogens is 1280 g/mol. The van der Waals surface area contributed by atoms with Crippen molar-refractivity contribution in [2.45, 2.75) is 58.3 Å². The third-order valence-electron chi connectivity index (χ3n) is 10.6. The highest BCUT2D eigenvalue weighted by Gasteiger charge is 2.47. The van der Waals surface area contributed by atoms with E-state index >= 15 is 0 Å². The van der Waals surface area contributed by atoms with Crippen molar-refractivity contribution in [1.82, 2.24) is 4.98 Å². The van der Waals surface area contributed by atoms with E-state index in [1.807, 2.05) is 35.2 Å². The van der Waals surface area contributed by atoms with Gasteiger partial charge >= 0.3 is 49.4 Å². The minimum absolute atomic E-state index is 0.513. The topological polar surface area (TPSA) is 26.0 Å². The Balaban J connectivity index is 0.000000483. The van der Waals surface area contributed by atoms with Gasteiger partial charge in [0.1, 0.15) is 6.15 Å². The first-order valence-corrected chi connectivity index (χ1v) is 22.2. The lowest BCUT2D eigenvalue weighted by molar-refractivity contribution is -0.689. The van der Waals surface area contributed by atoms with Crippen LogP contribution >= 0.6 is 47.8 Å². The van der Waals surface area contributed by atoms with Crippen molar-refractivity contribution in [1.29, 1.82) is 0 Å². The quantitative estimate of drug-likeness (QED) is 0.0689. The number of rotatable bonds is 7. The monoisotopic (exact) mass is 1300 g/mol. The molecule has 0 fully saturated rings. The van der Waals surface area contributed by atoms with Crippen LogP contribution in [-0.4, -0.2) is 13.5 Å². The second kappa shape index (κ2) is 21.0. The molecule has 0 radical (unpaired) electrons. The molecule has 0 saturated carbocycles. The molecule has 0 unspecified atom stereocenters. The Bertz CT molecular complexity index is 2550. The molecule has 6 aromatic rings. The van der Waals surface area contributed by atoms with E-state index in [2.05, 4.69) is 64.9 Å². The second-order valence-electron chi connectivity index (χ2n) is 15.8. The molecule has 0 N–H and O–H groups in total. The SMILES string of the molecule is BrC(Br)(Br)Oc1c[n+](Cc2ccccc2)ccn1.FC(F)(F)c1cc([B-](c2cc(C(F)(F)F)cc(C(F)(F)F)c2)(c2cc(C(F)(F)F)cc(C(F)(F)F)c2)c2cc(C(F)(F)F)cc(C(F)(F)F)c2)cc(C(F)(F)F)c1. The third-order valence-corrected chi connectivity index (χ3v) is 11.1. The molecule has 75 heavy (non-hydrogen) atoms. The smallest absolute Gasteiger partial charge is 0.416 e. The summed E-state index contributed by atoms with van der Waals surface area (Å²) >= 11 is 9.81. The zero-order valence-corrected chi connectivity index (χ0v) is 40.6. The zero-order chi connectivity index (χ0) is 56.9. The van der Waals surface area contributed by atoms with Gasteiger partial charge in [-0.05, 0) is 72.1 Å². The number of benzene rings is 5. The van der Waals surface area contributed by atoms with Gasteiger partial charge in [0, 0.05) is 5.56 Å². The first-order chi connectivity index (χ1) is 33.8. The lowest BCUT2D eigenvalue weighted by Gasteiger charge is -2.46. The van der Waals surface area contributed by atoms with Gasteiger partial charge in [-0.3, -0.25) is 0 Å². The van der Waals surface area contributed by atoms with E-state index in [9.17, 15) is 105 Å². The standard InChI is InChI=1S/C32H12BF24.C12H10Br3N2O/c34-25(35,36)13-1-14(26(37,38)39)6-21(5-13)33(22-7-15(27(40,41)42)2-16(8-22)28(43,44)45,23-9-17(29(46,47)48)3-18(10-23)30(49,50)51)24-11-19(31(52,53)54)4-20(12-24)32(55,56)57;13-12(14,15)18-11-9-17(7-6-16-11)8-10-4-2-1-3-5-10/h1-12H;1-7,9H,8H2/q-1;+1. The number of halogens is 27. The zero-order valence-electron chi connectivity index (χ0n) is 35.8. The minimum atomic E-state index is -6.13. The maximum Gasteiger partial charge on any atom is 0.416 e. The average Bonchev–Trinajstić information content (AvgIpc) is 3.24. The lowest BCUT2D eigenvalue weighted by atomic mass is 9.12. The van der Waals surface area contributed by atoms with E-state index in [-0.39, 0.29) is 0 Å². The van der Waals surface area contributed by atoms with Crippen LogP contribution in [0, 0.1) is 0 Å². The summed E-state index contributed by atoms with van der Waals surface area (Å²) in [5.41, 5.74) is -29.0. The van der Waals surface area contributed by atoms with Crippen molar-refractivity contribution < 1.29 is 115 Å². The van der Waals surface area contributed by atoms with Crippen molar-refractivity contribution in [2.75, 3.05) is 0 Å². The Morgan fingerprint density at radius 2 is 0.640 bits per heavy atom. The normalized spacial score (nSPS) is 13.6. The highest BCUT2D eigenvalue weighted by molar-refractivity contribution is 9.39. The summed E-state index contributed by atoms with van der Waals surface area (Å²) in [6.45, 7) is 0.777. The first kappa shape index (κ1) is 60.7. The van der Waals surface area contributed by atoms with Gasteiger partial charge < -0.3 is 4.74 Å². The molecule has 6 rings (SSSR count). The number of hydrogen-bond donors (Lipinski definition) is 0. The lowest BCUT2D eigenvalue weighted by Crippen LogP contribution is -2.75. The van der Waals surface area contributed by atoms with Gasteiger partial charge in [-0.1, -0.05) is 78.9 Å². The molecule has 5 aromatic carbocycles. The third kappa shape index (κ3) is 15.3. The van der Waals surface area contributed by atoms with Gasteiger partial charge in [0.15, 0.2) is 12.7 Å². The van der Waals surface area contributed by atoms with Crippen molar-refractivity contribution in [3.8, 4) is 5.88 Å². The van der Waals surface area contributed by atoms with E-state index in [1.54, 1.807) is 6.20 Å². The van der Waals surface area contributed by atoms with Crippen LogP contribution in [0.1, 0.15) is 50.1 Å². The molecular formula is C44H22BBr3F24N2O. The van der Waals surface area contributed by atoms with Crippen LogP contribution in [0.4, 0.5) is 105 Å². The van der Waals surface area contributed by atoms with Gasteiger partial charge in [0.05, 0.1) is 50.7 Å². The molecule has 0 aliphatic heterocycles. The van der Waals surface area contributed by atoms with Gasteiger partial charge in [0.2, 0.25) is 6.20 Å². The van der Waals surface area contributed by atoms with Gasteiger partial charge in [0.25, 0.3) is 8.21 Å². The van der Waals surface area contributed by atoms with Crippen molar-refractivity contribution in [2.24, 2.45) is 0 Å². The predicted molar refractivity (Wildman–Crippen MR) is 230 cm³/mol. The van der Waals surface area contributed by atoms with Crippen LogP contribution in [0.2, 0.25) is 0 Å². The Hall–Kier alpha value is -5.20. The van der Waals surface area contributed by atoms with Crippen LogP contribution in [0.15, 0.2) is 122 Å². The maximum absolute atomic E-state index is 14.2. The Morgan fingerprint density at radius 1 is 0.387 bits per heavy atom. The number of aromatic nitrogens is 2. The molecule has 0 aliphatic carbocycles. The number of nitrogens with zero attached hydrogens (tertiary/aromatic N) is 2. The van der Waals surface area contributed by atoms with Gasteiger partial charge in [-0.2, -0.15) is 132 Å². The fourth-order valence-electron chi connectivity index (χ4n) is 7.55. The summed E-state index contributed by atoms with van der Waals surface area (Å²) in [7, 11) is 0. The summed E-state index contributed by atoms with van der Waals surface area (Å²) in [6, 6.07) is 1.40. The molecule has 3 nitrogen and oxygen atoms in total. The summed E-state index contributed by atoms with van der Waals surface area (Å²) in [5.74, 6) is 0.513. The Labute approximate surface area is 429 Å². The molecule has 0 aliphatic rings. The van der Waals surface area contributed by atoms with Crippen LogP contribution in [0.3, 0.4) is 0 Å².